The van der Waals surface area contributed by atoms with Crippen LogP contribution in [0.5, 0.6) is 0 Å². The van der Waals surface area contributed by atoms with E-state index in [4.69, 9.17) is 5.73 Å². The van der Waals surface area contributed by atoms with Gasteiger partial charge in [0.2, 0.25) is 5.91 Å². The molecular weight excluding hydrogens is 238 g/mol. The van der Waals surface area contributed by atoms with Crippen molar-refractivity contribution in [3.05, 3.63) is 29.8 Å². The normalized spacial score (nSPS) is 11.4. The van der Waals surface area contributed by atoms with Crippen LogP contribution < -0.4 is 16.0 Å². The number of carbonyl (C=O) groups excluding carboxylic acids is 1. The fraction of sp³-hybridized carbons (Fsp3) is 0.533. The first-order valence-electron chi connectivity index (χ1n) is 6.69. The number of nitrogens with two attached hydrogens (primary N) is 1. The lowest BCUT2D eigenvalue weighted by Crippen LogP contribution is -2.35. The quantitative estimate of drug-likeness (QED) is 0.824. The Bertz CT molecular complexity index is 406. The highest BCUT2D eigenvalue weighted by Gasteiger charge is 2.09. The number of primary amides is 1. The van der Waals surface area contributed by atoms with Crippen LogP contribution >= 0.6 is 0 Å². The highest BCUT2D eigenvalue weighted by Crippen LogP contribution is 2.15. The molecular formula is C15H25N3O. The molecule has 0 atom stereocenters. The van der Waals surface area contributed by atoms with Crippen molar-refractivity contribution in [3.63, 3.8) is 0 Å². The molecule has 0 heterocycles. The largest absolute Gasteiger partial charge is 0.368 e. The molecule has 4 heteroatoms. The van der Waals surface area contributed by atoms with Gasteiger partial charge in [-0.2, -0.15) is 0 Å². The van der Waals surface area contributed by atoms with Crippen LogP contribution in [-0.4, -0.2) is 24.5 Å². The van der Waals surface area contributed by atoms with Crippen molar-refractivity contribution in [3.8, 4) is 0 Å². The average molecular weight is 263 g/mol. The molecule has 1 amide bonds. The van der Waals surface area contributed by atoms with Gasteiger partial charge in [0, 0.05) is 24.3 Å². The molecule has 0 unspecified atom stereocenters. The number of benzene rings is 1. The lowest BCUT2D eigenvalue weighted by molar-refractivity contribution is -0.116. The van der Waals surface area contributed by atoms with Gasteiger partial charge in [-0.3, -0.25) is 4.79 Å². The van der Waals surface area contributed by atoms with E-state index < -0.39 is 0 Å². The molecule has 0 saturated carbocycles. The molecule has 1 rings (SSSR count). The van der Waals surface area contributed by atoms with Crippen molar-refractivity contribution >= 4 is 11.6 Å². The number of nitrogens with zero attached hydrogens (tertiary/aromatic N) is 1. The predicted octanol–water partition coefficient (Wildman–Crippen LogP) is 1.89. The van der Waals surface area contributed by atoms with Crippen LogP contribution in [0.2, 0.25) is 0 Å². The number of hydrogen-bond donors (Lipinski definition) is 2. The lowest BCUT2D eigenvalue weighted by atomic mass is 10.1. The molecule has 0 aromatic heterocycles. The standard InChI is InChI=1S/C15H25N3O/c1-5-18(11-14(16)19)13-8-6-12(7-9-13)10-17-15(2,3)4/h6-9,17H,5,10-11H2,1-4H3,(H2,16,19). The van der Waals surface area contributed by atoms with Crippen molar-refractivity contribution < 1.29 is 4.79 Å². The fourth-order valence-electron chi connectivity index (χ4n) is 1.77. The van der Waals surface area contributed by atoms with Crippen LogP contribution in [0.1, 0.15) is 33.3 Å². The first kappa shape index (κ1) is 15.5. The molecule has 4 nitrogen and oxygen atoms in total. The Hall–Kier alpha value is -1.55. The number of likely N-dealkylation sites (N-methyl/N-ethyl adjacent to an activating group) is 1. The summed E-state index contributed by atoms with van der Waals surface area (Å²) < 4.78 is 0. The van der Waals surface area contributed by atoms with E-state index in [0.29, 0.717) is 0 Å². The molecule has 0 aliphatic rings. The first-order chi connectivity index (χ1) is 8.81. The maximum Gasteiger partial charge on any atom is 0.236 e. The Morgan fingerprint density at radius 1 is 1.26 bits per heavy atom. The number of amides is 1. The summed E-state index contributed by atoms with van der Waals surface area (Å²) in [5.74, 6) is -0.305. The molecule has 106 valence electrons. The highest BCUT2D eigenvalue weighted by atomic mass is 16.1. The van der Waals surface area contributed by atoms with Crippen molar-refractivity contribution in [1.29, 1.82) is 0 Å². The fourth-order valence-corrected chi connectivity index (χ4v) is 1.77. The van der Waals surface area contributed by atoms with Gasteiger partial charge in [-0.15, -0.1) is 0 Å². The Morgan fingerprint density at radius 3 is 2.26 bits per heavy atom. The van der Waals surface area contributed by atoms with Crippen LogP contribution in [0.4, 0.5) is 5.69 Å². The summed E-state index contributed by atoms with van der Waals surface area (Å²) in [5.41, 5.74) is 7.61. The summed E-state index contributed by atoms with van der Waals surface area (Å²) in [6, 6.07) is 8.23. The summed E-state index contributed by atoms with van der Waals surface area (Å²) in [6.45, 7) is 10.3. The van der Waals surface area contributed by atoms with Crippen LogP contribution in [0.15, 0.2) is 24.3 Å². The molecule has 0 radical (unpaired) electrons. The van der Waals surface area contributed by atoms with Gasteiger partial charge in [0.1, 0.15) is 0 Å². The number of rotatable bonds is 6. The summed E-state index contributed by atoms with van der Waals surface area (Å²) in [4.78, 5) is 13.0. The van der Waals surface area contributed by atoms with Crippen LogP contribution in [0.3, 0.4) is 0 Å². The molecule has 0 spiro atoms. The molecule has 3 N–H and O–H groups in total. The highest BCUT2D eigenvalue weighted by molar-refractivity contribution is 5.79. The number of carbonyl (C=O) groups is 1. The maximum atomic E-state index is 11.0. The Balaban J connectivity index is 2.67. The van der Waals surface area contributed by atoms with E-state index in [0.717, 1.165) is 18.8 Å². The van der Waals surface area contributed by atoms with Crippen molar-refractivity contribution in [2.75, 3.05) is 18.0 Å². The summed E-state index contributed by atoms with van der Waals surface area (Å²) >= 11 is 0. The molecule has 19 heavy (non-hydrogen) atoms. The zero-order chi connectivity index (χ0) is 14.5. The average Bonchev–Trinajstić information content (AvgIpc) is 2.33. The minimum absolute atomic E-state index is 0.111. The summed E-state index contributed by atoms with van der Waals surface area (Å²) in [6.07, 6.45) is 0. The Kier molecular flexibility index (Phi) is 5.36. The van der Waals surface area contributed by atoms with Gasteiger partial charge in [-0.25, -0.2) is 0 Å². The topological polar surface area (TPSA) is 58.4 Å². The first-order valence-corrected chi connectivity index (χ1v) is 6.69. The second kappa shape index (κ2) is 6.57. The van der Waals surface area contributed by atoms with Gasteiger partial charge in [0.05, 0.1) is 6.54 Å². The molecule has 1 aromatic rings. The summed E-state index contributed by atoms with van der Waals surface area (Å²) in [5, 5.41) is 3.45. The van der Waals surface area contributed by atoms with Gasteiger partial charge in [-0.05, 0) is 45.4 Å². The van der Waals surface area contributed by atoms with E-state index in [2.05, 4.69) is 38.2 Å². The predicted molar refractivity (Wildman–Crippen MR) is 80.1 cm³/mol. The van der Waals surface area contributed by atoms with E-state index in [1.54, 1.807) is 0 Å². The third kappa shape index (κ3) is 5.75. The molecule has 0 aliphatic heterocycles. The second-order valence-electron chi connectivity index (χ2n) is 5.75. The van der Waals surface area contributed by atoms with Gasteiger partial charge < -0.3 is 16.0 Å². The monoisotopic (exact) mass is 263 g/mol. The molecule has 0 saturated heterocycles. The Morgan fingerprint density at radius 2 is 1.84 bits per heavy atom. The third-order valence-electron chi connectivity index (χ3n) is 2.85. The second-order valence-corrected chi connectivity index (χ2v) is 5.75. The van der Waals surface area contributed by atoms with Gasteiger partial charge in [-0.1, -0.05) is 12.1 Å². The van der Waals surface area contributed by atoms with Crippen LogP contribution in [-0.2, 0) is 11.3 Å². The summed E-state index contributed by atoms with van der Waals surface area (Å²) in [7, 11) is 0. The van der Waals surface area contributed by atoms with Gasteiger partial charge in [0.25, 0.3) is 0 Å². The molecule has 0 fully saturated rings. The van der Waals surface area contributed by atoms with E-state index in [1.807, 2.05) is 24.0 Å². The van der Waals surface area contributed by atoms with E-state index in [-0.39, 0.29) is 18.0 Å². The zero-order valence-electron chi connectivity index (χ0n) is 12.4. The number of nitrogens with one attached hydrogen (secondary N) is 1. The zero-order valence-corrected chi connectivity index (χ0v) is 12.4. The van der Waals surface area contributed by atoms with E-state index >= 15 is 0 Å². The number of anilines is 1. The minimum atomic E-state index is -0.305. The lowest BCUT2D eigenvalue weighted by Gasteiger charge is -2.23. The van der Waals surface area contributed by atoms with Crippen molar-refractivity contribution in [1.82, 2.24) is 5.32 Å². The molecule has 0 aliphatic carbocycles. The van der Waals surface area contributed by atoms with Crippen molar-refractivity contribution in [2.24, 2.45) is 5.73 Å². The minimum Gasteiger partial charge on any atom is -0.368 e. The van der Waals surface area contributed by atoms with E-state index in [9.17, 15) is 4.79 Å². The molecule has 1 aromatic carbocycles. The van der Waals surface area contributed by atoms with Gasteiger partial charge in [0.15, 0.2) is 0 Å². The van der Waals surface area contributed by atoms with Crippen LogP contribution in [0, 0.1) is 0 Å². The Labute approximate surface area is 116 Å². The van der Waals surface area contributed by atoms with Gasteiger partial charge >= 0.3 is 0 Å². The van der Waals surface area contributed by atoms with Crippen LogP contribution in [0.25, 0.3) is 0 Å². The smallest absolute Gasteiger partial charge is 0.236 e. The van der Waals surface area contributed by atoms with Crippen molar-refractivity contribution in [2.45, 2.75) is 39.8 Å². The number of hydrogen-bond acceptors (Lipinski definition) is 3. The molecule has 0 bridgehead atoms. The third-order valence-corrected chi connectivity index (χ3v) is 2.85. The van der Waals surface area contributed by atoms with E-state index in [1.165, 1.54) is 5.56 Å². The maximum absolute atomic E-state index is 11.0. The SMILES string of the molecule is CCN(CC(N)=O)c1ccc(CNC(C)(C)C)cc1.